The summed E-state index contributed by atoms with van der Waals surface area (Å²) in [4.78, 5) is 12.5. The van der Waals surface area contributed by atoms with Crippen molar-refractivity contribution in [1.29, 1.82) is 0 Å². The van der Waals surface area contributed by atoms with Crippen LogP contribution in [0, 0.1) is 11.8 Å². The summed E-state index contributed by atoms with van der Waals surface area (Å²) in [7, 11) is 4.85. The van der Waals surface area contributed by atoms with Gasteiger partial charge in [0.2, 0.25) is 12.5 Å². The van der Waals surface area contributed by atoms with Crippen LogP contribution in [0.4, 0.5) is 0 Å². The molecular formula is C22H22O7. The zero-order valence-corrected chi connectivity index (χ0v) is 16.5. The Balaban J connectivity index is 1.73. The van der Waals surface area contributed by atoms with Crippen LogP contribution in [0.25, 0.3) is 0 Å². The SMILES string of the molecule is COc1ccc(C2c3c(cc4c(c3OC)OCO4)CC3C(=O)OCC32)cc1OC. The van der Waals surface area contributed by atoms with Gasteiger partial charge in [-0.2, -0.15) is 0 Å². The third-order valence-corrected chi connectivity index (χ3v) is 6.13. The van der Waals surface area contributed by atoms with Crippen molar-refractivity contribution < 1.29 is 33.2 Å². The van der Waals surface area contributed by atoms with Gasteiger partial charge in [-0.25, -0.2) is 0 Å². The van der Waals surface area contributed by atoms with Crippen molar-refractivity contribution >= 4 is 5.97 Å². The quantitative estimate of drug-likeness (QED) is 0.733. The Bertz CT molecular complexity index is 984. The number of carbonyl (C=O) groups excluding carboxylic acids is 1. The first kappa shape index (κ1) is 18.0. The molecule has 3 atom stereocenters. The molecule has 2 heterocycles. The van der Waals surface area contributed by atoms with Crippen LogP contribution in [0.15, 0.2) is 24.3 Å². The van der Waals surface area contributed by atoms with E-state index in [0.717, 1.165) is 16.7 Å². The molecule has 0 bridgehead atoms. The second kappa shape index (κ2) is 6.76. The molecule has 3 aliphatic rings. The molecular weight excluding hydrogens is 376 g/mol. The zero-order chi connectivity index (χ0) is 20.1. The largest absolute Gasteiger partial charge is 0.493 e. The van der Waals surface area contributed by atoms with Crippen LogP contribution in [-0.2, 0) is 16.0 Å². The standard InChI is InChI=1S/C22H22O7/c1-24-15-5-4-11(7-16(15)25-2)18-14-9-27-22(23)13(14)6-12-8-17-20(29-10-28-17)21(26-3)19(12)18/h4-5,7-8,13-14,18H,6,9-10H2,1-3H3. The van der Waals surface area contributed by atoms with Crippen molar-refractivity contribution in [1.82, 2.24) is 0 Å². The van der Waals surface area contributed by atoms with Crippen LogP contribution in [0.5, 0.6) is 28.7 Å². The topological polar surface area (TPSA) is 72.5 Å². The Morgan fingerprint density at radius 1 is 0.966 bits per heavy atom. The number of esters is 1. The summed E-state index contributed by atoms with van der Waals surface area (Å²) in [5.41, 5.74) is 3.04. The van der Waals surface area contributed by atoms with E-state index in [1.54, 1.807) is 21.3 Å². The normalized spacial score (nSPS) is 23.8. The number of benzene rings is 2. The van der Waals surface area contributed by atoms with Gasteiger partial charge < -0.3 is 28.4 Å². The molecule has 2 aliphatic heterocycles. The minimum atomic E-state index is -0.203. The van der Waals surface area contributed by atoms with Crippen LogP contribution in [0.1, 0.15) is 22.6 Å². The number of carbonyl (C=O) groups is 1. The van der Waals surface area contributed by atoms with Gasteiger partial charge in [0.15, 0.2) is 23.0 Å². The molecule has 3 unspecified atom stereocenters. The minimum Gasteiger partial charge on any atom is -0.493 e. The molecule has 0 spiro atoms. The summed E-state index contributed by atoms with van der Waals surface area (Å²) in [6.45, 7) is 0.532. The first-order chi connectivity index (χ1) is 14.2. The molecule has 2 aromatic carbocycles. The van der Waals surface area contributed by atoms with Crippen LogP contribution in [-0.4, -0.2) is 40.7 Å². The lowest BCUT2D eigenvalue weighted by atomic mass is 9.67. The molecule has 152 valence electrons. The van der Waals surface area contributed by atoms with Crippen molar-refractivity contribution in [2.75, 3.05) is 34.7 Å². The Labute approximate surface area is 168 Å². The number of fused-ring (bicyclic) bond motifs is 3. The molecule has 0 N–H and O–H groups in total. The molecule has 1 aliphatic carbocycles. The number of ether oxygens (including phenoxy) is 6. The molecule has 1 fully saturated rings. The highest BCUT2D eigenvalue weighted by Crippen LogP contribution is 2.56. The highest BCUT2D eigenvalue weighted by Gasteiger charge is 2.49. The average molecular weight is 398 g/mol. The summed E-state index contributed by atoms with van der Waals surface area (Å²) in [5.74, 6) is 2.75. The Morgan fingerprint density at radius 2 is 1.79 bits per heavy atom. The summed E-state index contributed by atoms with van der Waals surface area (Å²) in [5, 5.41) is 0. The number of hydrogen-bond donors (Lipinski definition) is 0. The fraction of sp³-hybridized carbons (Fsp3) is 0.409. The highest BCUT2D eigenvalue weighted by molar-refractivity contribution is 5.77. The van der Waals surface area contributed by atoms with Gasteiger partial charge in [-0.15, -0.1) is 0 Å². The summed E-state index contributed by atoms with van der Waals surface area (Å²) >= 11 is 0. The lowest BCUT2D eigenvalue weighted by Gasteiger charge is -2.35. The lowest BCUT2D eigenvalue weighted by Crippen LogP contribution is -2.31. The van der Waals surface area contributed by atoms with Crippen molar-refractivity contribution in [2.24, 2.45) is 11.8 Å². The molecule has 1 saturated heterocycles. The molecule has 0 aromatic heterocycles. The molecule has 5 rings (SSSR count). The number of hydrogen-bond acceptors (Lipinski definition) is 7. The third-order valence-electron chi connectivity index (χ3n) is 6.13. The Morgan fingerprint density at radius 3 is 2.55 bits per heavy atom. The molecule has 0 amide bonds. The summed E-state index contributed by atoms with van der Waals surface area (Å²) in [6, 6.07) is 7.82. The molecule has 7 heteroatoms. The molecule has 2 aromatic rings. The second-order valence-corrected chi connectivity index (χ2v) is 7.41. The zero-order valence-electron chi connectivity index (χ0n) is 16.5. The number of rotatable bonds is 4. The number of methoxy groups -OCH3 is 3. The van der Waals surface area contributed by atoms with Gasteiger partial charge in [0.05, 0.1) is 33.9 Å². The first-order valence-electron chi connectivity index (χ1n) is 9.54. The van der Waals surface area contributed by atoms with E-state index in [0.29, 0.717) is 41.8 Å². The molecule has 29 heavy (non-hydrogen) atoms. The molecule has 0 radical (unpaired) electrons. The monoisotopic (exact) mass is 398 g/mol. The van der Waals surface area contributed by atoms with Crippen LogP contribution in [0.3, 0.4) is 0 Å². The van der Waals surface area contributed by atoms with E-state index >= 15 is 0 Å². The van der Waals surface area contributed by atoms with Crippen LogP contribution >= 0.6 is 0 Å². The number of cyclic esters (lactones) is 1. The molecule has 0 saturated carbocycles. The minimum absolute atomic E-state index is 0.00220. The summed E-state index contributed by atoms with van der Waals surface area (Å²) in [6.07, 6.45) is 0.593. The van der Waals surface area contributed by atoms with Crippen LogP contribution in [0.2, 0.25) is 0 Å². The third kappa shape index (κ3) is 2.60. The van der Waals surface area contributed by atoms with Gasteiger partial charge >= 0.3 is 5.97 Å². The highest BCUT2D eigenvalue weighted by atomic mass is 16.7. The van der Waals surface area contributed by atoms with E-state index in [4.69, 9.17) is 28.4 Å². The van der Waals surface area contributed by atoms with E-state index in [-0.39, 0.29) is 30.5 Å². The van der Waals surface area contributed by atoms with Gasteiger partial charge in [0.25, 0.3) is 0 Å². The first-order valence-corrected chi connectivity index (χ1v) is 9.54. The fourth-order valence-corrected chi connectivity index (χ4v) is 4.84. The van der Waals surface area contributed by atoms with Crippen LogP contribution < -0.4 is 23.7 Å². The lowest BCUT2D eigenvalue weighted by molar-refractivity contribution is -0.141. The predicted molar refractivity (Wildman–Crippen MR) is 102 cm³/mol. The maximum absolute atomic E-state index is 12.5. The fourth-order valence-electron chi connectivity index (χ4n) is 4.84. The van der Waals surface area contributed by atoms with Crippen molar-refractivity contribution in [2.45, 2.75) is 12.3 Å². The van der Waals surface area contributed by atoms with Gasteiger partial charge in [-0.3, -0.25) is 4.79 Å². The van der Waals surface area contributed by atoms with E-state index in [2.05, 4.69) is 0 Å². The van der Waals surface area contributed by atoms with Gasteiger partial charge in [0.1, 0.15) is 0 Å². The Kier molecular flexibility index (Phi) is 4.19. The van der Waals surface area contributed by atoms with Gasteiger partial charge in [-0.1, -0.05) is 6.07 Å². The van der Waals surface area contributed by atoms with Gasteiger partial charge in [0, 0.05) is 17.4 Å². The average Bonchev–Trinajstić information content (AvgIpc) is 3.36. The molecule has 7 nitrogen and oxygen atoms in total. The van der Waals surface area contributed by atoms with Crippen molar-refractivity contribution in [3.05, 3.63) is 41.0 Å². The summed E-state index contributed by atoms with van der Waals surface area (Å²) < 4.78 is 33.5. The van der Waals surface area contributed by atoms with E-state index in [9.17, 15) is 4.79 Å². The van der Waals surface area contributed by atoms with Crippen molar-refractivity contribution in [3.8, 4) is 28.7 Å². The Hall–Kier alpha value is -3.09. The van der Waals surface area contributed by atoms with E-state index < -0.39 is 0 Å². The van der Waals surface area contributed by atoms with E-state index in [1.807, 2.05) is 24.3 Å². The smallest absolute Gasteiger partial charge is 0.309 e. The predicted octanol–water partition coefficient (Wildman–Crippen LogP) is 2.92. The second-order valence-electron chi connectivity index (χ2n) is 7.41. The maximum Gasteiger partial charge on any atom is 0.309 e. The maximum atomic E-state index is 12.5. The van der Waals surface area contributed by atoms with Crippen molar-refractivity contribution in [3.63, 3.8) is 0 Å². The van der Waals surface area contributed by atoms with Gasteiger partial charge in [-0.05, 0) is 35.7 Å². The van der Waals surface area contributed by atoms with E-state index in [1.165, 1.54) is 0 Å².